The molecule has 1 N–H and O–H groups in total. The molecule has 0 radical (unpaired) electrons. The molecule has 1 fully saturated rings. The van der Waals surface area contributed by atoms with Crippen molar-refractivity contribution >= 4 is 5.95 Å². The van der Waals surface area contributed by atoms with Gasteiger partial charge in [0.25, 0.3) is 0 Å². The molecule has 16 heavy (non-hydrogen) atoms. The Morgan fingerprint density at radius 1 is 1.19 bits per heavy atom. The molecule has 2 rings (SSSR count). The molecule has 1 aliphatic rings. The van der Waals surface area contributed by atoms with E-state index in [1.807, 2.05) is 0 Å². The molecule has 2 heterocycles. The zero-order valence-corrected chi connectivity index (χ0v) is 9.30. The van der Waals surface area contributed by atoms with Crippen molar-refractivity contribution in [1.82, 2.24) is 9.97 Å². The van der Waals surface area contributed by atoms with Gasteiger partial charge in [-0.3, -0.25) is 0 Å². The van der Waals surface area contributed by atoms with E-state index in [1.165, 1.54) is 19.3 Å². The lowest BCUT2D eigenvalue weighted by molar-refractivity contribution is 0.200. The van der Waals surface area contributed by atoms with Crippen LogP contribution in [0.25, 0.3) is 0 Å². The minimum atomic E-state index is 0.00781. The van der Waals surface area contributed by atoms with Gasteiger partial charge in [-0.1, -0.05) is 0 Å². The number of piperidine rings is 1. The normalized spacial score (nSPS) is 16.2. The van der Waals surface area contributed by atoms with Crippen LogP contribution in [0.2, 0.25) is 0 Å². The maximum Gasteiger partial charge on any atom is 0.225 e. The number of aliphatic hydroxyl groups is 1. The van der Waals surface area contributed by atoms with Crippen molar-refractivity contribution in [2.24, 2.45) is 0 Å². The lowest BCUT2D eigenvalue weighted by Crippen LogP contribution is -2.30. The molecule has 0 bridgehead atoms. The number of hydrogen-bond acceptors (Lipinski definition) is 5. The summed E-state index contributed by atoms with van der Waals surface area (Å²) < 4.78 is 5.20. The third-order valence-corrected chi connectivity index (χ3v) is 2.61. The fourth-order valence-electron chi connectivity index (χ4n) is 1.80. The van der Waals surface area contributed by atoms with Crippen molar-refractivity contribution in [2.75, 3.05) is 31.2 Å². The van der Waals surface area contributed by atoms with Gasteiger partial charge in [0.1, 0.15) is 6.61 Å². The lowest BCUT2D eigenvalue weighted by Gasteiger charge is -2.26. The van der Waals surface area contributed by atoms with Gasteiger partial charge in [-0.05, 0) is 19.3 Å². The van der Waals surface area contributed by atoms with E-state index in [2.05, 4.69) is 14.9 Å². The zero-order chi connectivity index (χ0) is 11.2. The fraction of sp³-hybridized carbons (Fsp3) is 0.636. The number of nitrogens with zero attached hydrogens (tertiary/aromatic N) is 3. The second-order valence-electron chi connectivity index (χ2n) is 3.84. The molecule has 1 aromatic rings. The smallest absolute Gasteiger partial charge is 0.225 e. The maximum absolute atomic E-state index is 8.61. The van der Waals surface area contributed by atoms with E-state index in [0.717, 1.165) is 19.0 Å². The van der Waals surface area contributed by atoms with Crippen molar-refractivity contribution in [1.29, 1.82) is 0 Å². The van der Waals surface area contributed by atoms with E-state index in [4.69, 9.17) is 9.84 Å². The molecule has 88 valence electrons. The monoisotopic (exact) mass is 223 g/mol. The Bertz CT molecular complexity index is 310. The summed E-state index contributed by atoms with van der Waals surface area (Å²) in [5.74, 6) is 1.38. The largest absolute Gasteiger partial charge is 0.488 e. The molecule has 1 aliphatic heterocycles. The highest BCUT2D eigenvalue weighted by Crippen LogP contribution is 2.16. The van der Waals surface area contributed by atoms with Gasteiger partial charge in [0, 0.05) is 13.1 Å². The third-order valence-electron chi connectivity index (χ3n) is 2.61. The lowest BCUT2D eigenvalue weighted by atomic mass is 10.1. The number of hydrogen-bond donors (Lipinski definition) is 1. The quantitative estimate of drug-likeness (QED) is 0.819. The van der Waals surface area contributed by atoms with Crippen LogP contribution >= 0.6 is 0 Å². The SMILES string of the molecule is OCCOc1cnc(N2CCCCC2)nc1. The van der Waals surface area contributed by atoms with Crippen LogP contribution in [0.4, 0.5) is 5.95 Å². The first kappa shape index (κ1) is 11.1. The summed E-state index contributed by atoms with van der Waals surface area (Å²) in [6.07, 6.45) is 7.05. The topological polar surface area (TPSA) is 58.5 Å². The van der Waals surface area contributed by atoms with Gasteiger partial charge in [-0.2, -0.15) is 0 Å². The van der Waals surface area contributed by atoms with E-state index in [-0.39, 0.29) is 13.2 Å². The minimum absolute atomic E-state index is 0.00781. The number of anilines is 1. The third kappa shape index (κ3) is 2.82. The molecule has 0 aliphatic carbocycles. The van der Waals surface area contributed by atoms with Crippen LogP contribution in [0.15, 0.2) is 12.4 Å². The Labute approximate surface area is 95.1 Å². The van der Waals surface area contributed by atoms with Crippen molar-refractivity contribution in [3.8, 4) is 5.75 Å². The molecule has 0 atom stereocenters. The second kappa shape index (κ2) is 5.65. The molecular weight excluding hydrogens is 206 g/mol. The highest BCUT2D eigenvalue weighted by molar-refractivity contribution is 5.31. The molecule has 0 unspecified atom stereocenters. The molecule has 1 saturated heterocycles. The van der Waals surface area contributed by atoms with E-state index >= 15 is 0 Å². The Balaban J connectivity index is 1.95. The van der Waals surface area contributed by atoms with Crippen molar-refractivity contribution in [2.45, 2.75) is 19.3 Å². The number of aliphatic hydroxyl groups excluding tert-OH is 1. The van der Waals surface area contributed by atoms with Gasteiger partial charge in [0.05, 0.1) is 19.0 Å². The Hall–Kier alpha value is -1.36. The molecule has 5 heteroatoms. The van der Waals surface area contributed by atoms with E-state index in [0.29, 0.717) is 5.75 Å². The summed E-state index contributed by atoms with van der Waals surface area (Å²) in [7, 11) is 0. The summed E-state index contributed by atoms with van der Waals surface area (Å²) in [4.78, 5) is 10.7. The van der Waals surface area contributed by atoms with Crippen molar-refractivity contribution < 1.29 is 9.84 Å². The highest BCUT2D eigenvalue weighted by atomic mass is 16.5. The van der Waals surface area contributed by atoms with Gasteiger partial charge in [0.2, 0.25) is 5.95 Å². The molecule has 5 nitrogen and oxygen atoms in total. The van der Waals surface area contributed by atoms with E-state index < -0.39 is 0 Å². The van der Waals surface area contributed by atoms with Crippen LogP contribution in [-0.2, 0) is 0 Å². The van der Waals surface area contributed by atoms with Crippen LogP contribution in [0.1, 0.15) is 19.3 Å². The maximum atomic E-state index is 8.61. The summed E-state index contributed by atoms with van der Waals surface area (Å²) >= 11 is 0. The molecule has 0 spiro atoms. The molecule has 0 amide bonds. The Kier molecular flexibility index (Phi) is 3.93. The average molecular weight is 223 g/mol. The van der Waals surface area contributed by atoms with Gasteiger partial charge in [0.15, 0.2) is 5.75 Å². The Morgan fingerprint density at radius 3 is 2.50 bits per heavy atom. The first-order valence-electron chi connectivity index (χ1n) is 5.71. The van der Waals surface area contributed by atoms with Gasteiger partial charge < -0.3 is 14.7 Å². The van der Waals surface area contributed by atoms with Crippen LogP contribution < -0.4 is 9.64 Å². The second-order valence-corrected chi connectivity index (χ2v) is 3.84. The van der Waals surface area contributed by atoms with E-state index in [9.17, 15) is 0 Å². The van der Waals surface area contributed by atoms with E-state index in [1.54, 1.807) is 12.4 Å². The van der Waals surface area contributed by atoms with Gasteiger partial charge in [-0.25, -0.2) is 9.97 Å². The van der Waals surface area contributed by atoms with Gasteiger partial charge in [-0.15, -0.1) is 0 Å². The predicted octanol–water partition coefficient (Wildman–Crippen LogP) is 0.838. The summed E-state index contributed by atoms with van der Waals surface area (Å²) in [6, 6.07) is 0. The van der Waals surface area contributed by atoms with Crippen LogP contribution in [0.5, 0.6) is 5.75 Å². The minimum Gasteiger partial charge on any atom is -0.488 e. The molecular formula is C11H17N3O2. The first-order chi connectivity index (χ1) is 7.90. The molecule has 1 aromatic heterocycles. The summed E-state index contributed by atoms with van der Waals surface area (Å²) in [5.41, 5.74) is 0. The van der Waals surface area contributed by atoms with Crippen molar-refractivity contribution in [3.05, 3.63) is 12.4 Å². The predicted molar refractivity (Wildman–Crippen MR) is 60.7 cm³/mol. The molecule has 0 aromatic carbocycles. The highest BCUT2D eigenvalue weighted by Gasteiger charge is 2.12. The fourth-order valence-corrected chi connectivity index (χ4v) is 1.80. The zero-order valence-electron chi connectivity index (χ0n) is 9.30. The van der Waals surface area contributed by atoms with Gasteiger partial charge >= 0.3 is 0 Å². The summed E-state index contributed by atoms with van der Waals surface area (Å²) in [5, 5.41) is 8.61. The first-order valence-corrected chi connectivity index (χ1v) is 5.71. The van der Waals surface area contributed by atoms with Crippen LogP contribution in [0, 0.1) is 0 Å². The van der Waals surface area contributed by atoms with Crippen molar-refractivity contribution in [3.63, 3.8) is 0 Å². The average Bonchev–Trinajstić information content (AvgIpc) is 2.38. The Morgan fingerprint density at radius 2 is 1.88 bits per heavy atom. The number of rotatable bonds is 4. The molecule has 0 saturated carbocycles. The standard InChI is InChI=1S/C11H17N3O2/c15-6-7-16-10-8-12-11(13-9-10)14-4-2-1-3-5-14/h8-9,15H,1-7H2. The van der Waals surface area contributed by atoms with Crippen LogP contribution in [-0.4, -0.2) is 41.4 Å². The number of ether oxygens (including phenoxy) is 1. The summed E-state index contributed by atoms with van der Waals surface area (Å²) in [6.45, 7) is 2.37. The number of aromatic nitrogens is 2. The van der Waals surface area contributed by atoms with Crippen LogP contribution in [0.3, 0.4) is 0 Å².